The van der Waals surface area contributed by atoms with Crippen molar-refractivity contribution in [1.82, 2.24) is 4.90 Å². The lowest BCUT2D eigenvalue weighted by Crippen LogP contribution is -2.45. The summed E-state index contributed by atoms with van der Waals surface area (Å²) in [7, 11) is 0. The molecule has 0 saturated carbocycles. The molecule has 1 unspecified atom stereocenters. The number of rotatable bonds is 3. The minimum absolute atomic E-state index is 0.141. The summed E-state index contributed by atoms with van der Waals surface area (Å²) < 4.78 is 0. The van der Waals surface area contributed by atoms with E-state index < -0.39 is 6.04 Å². The van der Waals surface area contributed by atoms with Gasteiger partial charge in [-0.15, -0.1) is 0 Å². The number of hydrogen-bond donors (Lipinski definition) is 2. The van der Waals surface area contributed by atoms with Crippen molar-refractivity contribution in [3.8, 4) is 0 Å². The molecular formula is C19H21N3O2. The average molecular weight is 323 g/mol. The second-order valence-corrected chi connectivity index (χ2v) is 6.00. The Morgan fingerprint density at radius 3 is 2.33 bits per heavy atom. The number of urea groups is 1. The molecule has 0 bridgehead atoms. The summed E-state index contributed by atoms with van der Waals surface area (Å²) in [5, 5.41) is 5.75. The largest absolute Gasteiger partial charge is 0.324 e. The van der Waals surface area contributed by atoms with Gasteiger partial charge in [0.1, 0.15) is 6.04 Å². The van der Waals surface area contributed by atoms with E-state index in [1.54, 1.807) is 4.90 Å². The molecule has 5 nitrogen and oxygen atoms in total. The third kappa shape index (κ3) is 3.74. The molecule has 1 aliphatic heterocycles. The molecule has 1 atom stereocenters. The molecule has 0 aromatic heterocycles. The molecule has 0 radical (unpaired) electrons. The summed E-state index contributed by atoms with van der Waals surface area (Å²) in [6, 6.07) is 16.3. The van der Waals surface area contributed by atoms with Crippen LogP contribution in [0.2, 0.25) is 0 Å². The monoisotopic (exact) mass is 323 g/mol. The summed E-state index contributed by atoms with van der Waals surface area (Å²) in [6.07, 6.45) is 1.51. The zero-order valence-corrected chi connectivity index (χ0v) is 13.7. The molecule has 24 heavy (non-hydrogen) atoms. The Bertz CT molecular complexity index is 713. The fourth-order valence-corrected chi connectivity index (χ4v) is 2.86. The van der Waals surface area contributed by atoms with Gasteiger partial charge in [0.15, 0.2) is 0 Å². The number of benzene rings is 2. The normalized spacial score (nSPS) is 16.7. The van der Waals surface area contributed by atoms with Gasteiger partial charge in [0.25, 0.3) is 0 Å². The predicted molar refractivity (Wildman–Crippen MR) is 95.0 cm³/mol. The number of carbonyl (C=O) groups excluding carboxylic acids is 2. The summed E-state index contributed by atoms with van der Waals surface area (Å²) in [5.41, 5.74) is 2.61. The first kappa shape index (κ1) is 16.1. The van der Waals surface area contributed by atoms with Crippen molar-refractivity contribution in [2.45, 2.75) is 25.8 Å². The van der Waals surface area contributed by atoms with E-state index in [0.29, 0.717) is 13.0 Å². The number of para-hydroxylation sites is 1. The molecule has 2 N–H and O–H groups in total. The molecule has 1 heterocycles. The first-order valence-electron chi connectivity index (χ1n) is 8.14. The highest BCUT2D eigenvalue weighted by Crippen LogP contribution is 2.21. The van der Waals surface area contributed by atoms with E-state index in [1.165, 1.54) is 0 Å². The van der Waals surface area contributed by atoms with Crippen molar-refractivity contribution in [2.75, 3.05) is 17.2 Å². The lowest BCUT2D eigenvalue weighted by atomic mass is 10.2. The fourth-order valence-electron chi connectivity index (χ4n) is 2.86. The van der Waals surface area contributed by atoms with Gasteiger partial charge in [0.05, 0.1) is 0 Å². The van der Waals surface area contributed by atoms with Gasteiger partial charge in [-0.3, -0.25) is 4.79 Å². The second kappa shape index (κ2) is 7.17. The SMILES string of the molecule is Cc1ccc(NC(=O)N2CCCC2C(=O)Nc2ccccc2)cc1. The molecule has 2 aromatic carbocycles. The highest BCUT2D eigenvalue weighted by atomic mass is 16.2. The maximum atomic E-state index is 12.5. The average Bonchev–Trinajstić information content (AvgIpc) is 3.08. The summed E-state index contributed by atoms with van der Waals surface area (Å²) >= 11 is 0. The molecule has 0 spiro atoms. The zero-order chi connectivity index (χ0) is 16.9. The molecule has 0 aliphatic carbocycles. The van der Waals surface area contributed by atoms with Crippen LogP contribution >= 0.6 is 0 Å². The van der Waals surface area contributed by atoms with Gasteiger partial charge in [-0.05, 0) is 44.0 Å². The van der Waals surface area contributed by atoms with Crippen LogP contribution in [0.4, 0.5) is 16.2 Å². The topological polar surface area (TPSA) is 61.4 Å². The standard InChI is InChI=1S/C19H21N3O2/c1-14-9-11-16(12-10-14)21-19(24)22-13-5-8-17(22)18(23)20-15-6-3-2-4-7-15/h2-4,6-7,9-12,17H,5,8,13H2,1H3,(H,20,23)(H,21,24). The van der Waals surface area contributed by atoms with Gasteiger partial charge >= 0.3 is 6.03 Å². The van der Waals surface area contributed by atoms with E-state index in [-0.39, 0.29) is 11.9 Å². The van der Waals surface area contributed by atoms with Crippen molar-refractivity contribution >= 4 is 23.3 Å². The summed E-state index contributed by atoms with van der Waals surface area (Å²) in [4.78, 5) is 26.6. The first-order chi connectivity index (χ1) is 11.6. The van der Waals surface area contributed by atoms with Gasteiger partial charge in [0, 0.05) is 17.9 Å². The van der Waals surface area contributed by atoms with E-state index in [2.05, 4.69) is 10.6 Å². The Balaban J connectivity index is 1.65. The number of nitrogens with zero attached hydrogens (tertiary/aromatic N) is 1. The van der Waals surface area contributed by atoms with Gasteiger partial charge in [-0.25, -0.2) is 4.79 Å². The molecule has 2 aromatic rings. The van der Waals surface area contributed by atoms with Gasteiger partial charge < -0.3 is 15.5 Å². The van der Waals surface area contributed by atoms with Crippen molar-refractivity contribution in [2.24, 2.45) is 0 Å². The Morgan fingerprint density at radius 1 is 0.958 bits per heavy atom. The fraction of sp³-hybridized carbons (Fsp3) is 0.263. The van der Waals surface area contributed by atoms with E-state index in [1.807, 2.05) is 61.5 Å². The van der Waals surface area contributed by atoms with Crippen LogP contribution in [0.25, 0.3) is 0 Å². The molecule has 5 heteroatoms. The highest BCUT2D eigenvalue weighted by Gasteiger charge is 2.34. The van der Waals surface area contributed by atoms with Crippen molar-refractivity contribution < 1.29 is 9.59 Å². The predicted octanol–water partition coefficient (Wildman–Crippen LogP) is 3.63. The van der Waals surface area contributed by atoms with Crippen molar-refractivity contribution in [1.29, 1.82) is 0 Å². The number of aryl methyl sites for hydroxylation is 1. The molecule has 1 saturated heterocycles. The van der Waals surface area contributed by atoms with Crippen LogP contribution in [-0.4, -0.2) is 29.4 Å². The summed E-state index contributed by atoms with van der Waals surface area (Å²) in [5.74, 6) is -0.141. The number of hydrogen-bond acceptors (Lipinski definition) is 2. The molecule has 1 aliphatic rings. The van der Waals surface area contributed by atoms with Crippen molar-refractivity contribution in [3.05, 3.63) is 60.2 Å². The van der Waals surface area contributed by atoms with E-state index in [0.717, 1.165) is 23.4 Å². The number of carbonyl (C=O) groups is 2. The third-order valence-corrected chi connectivity index (χ3v) is 4.16. The van der Waals surface area contributed by atoms with Gasteiger partial charge in [-0.1, -0.05) is 35.9 Å². The first-order valence-corrected chi connectivity index (χ1v) is 8.14. The Labute approximate surface area is 141 Å². The van der Waals surface area contributed by atoms with Crippen LogP contribution in [-0.2, 0) is 4.79 Å². The smallest absolute Gasteiger partial charge is 0.322 e. The van der Waals surface area contributed by atoms with Crippen LogP contribution in [0.5, 0.6) is 0 Å². The van der Waals surface area contributed by atoms with Crippen LogP contribution in [0.3, 0.4) is 0 Å². The molecular weight excluding hydrogens is 302 g/mol. The van der Waals surface area contributed by atoms with Crippen LogP contribution in [0.1, 0.15) is 18.4 Å². The van der Waals surface area contributed by atoms with Crippen LogP contribution in [0.15, 0.2) is 54.6 Å². The molecule has 124 valence electrons. The Kier molecular flexibility index (Phi) is 4.79. The van der Waals surface area contributed by atoms with E-state index >= 15 is 0 Å². The van der Waals surface area contributed by atoms with Gasteiger partial charge in [-0.2, -0.15) is 0 Å². The molecule has 3 amide bonds. The van der Waals surface area contributed by atoms with Gasteiger partial charge in [0.2, 0.25) is 5.91 Å². The van der Waals surface area contributed by atoms with E-state index in [4.69, 9.17) is 0 Å². The number of anilines is 2. The second-order valence-electron chi connectivity index (χ2n) is 6.00. The molecule has 3 rings (SSSR count). The molecule has 1 fully saturated rings. The highest BCUT2D eigenvalue weighted by molar-refractivity contribution is 5.99. The lowest BCUT2D eigenvalue weighted by Gasteiger charge is -2.24. The van der Waals surface area contributed by atoms with E-state index in [9.17, 15) is 9.59 Å². The van der Waals surface area contributed by atoms with Crippen LogP contribution < -0.4 is 10.6 Å². The maximum absolute atomic E-state index is 12.5. The number of amides is 3. The Morgan fingerprint density at radius 2 is 1.62 bits per heavy atom. The number of nitrogens with one attached hydrogen (secondary N) is 2. The third-order valence-electron chi connectivity index (χ3n) is 4.16. The lowest BCUT2D eigenvalue weighted by molar-refractivity contribution is -0.119. The zero-order valence-electron chi connectivity index (χ0n) is 13.7. The minimum atomic E-state index is -0.435. The Hall–Kier alpha value is -2.82. The minimum Gasteiger partial charge on any atom is -0.324 e. The quantitative estimate of drug-likeness (QED) is 0.906. The van der Waals surface area contributed by atoms with Crippen molar-refractivity contribution in [3.63, 3.8) is 0 Å². The maximum Gasteiger partial charge on any atom is 0.322 e. The van der Waals surface area contributed by atoms with Crippen LogP contribution in [0, 0.1) is 6.92 Å². The number of likely N-dealkylation sites (tertiary alicyclic amines) is 1. The summed E-state index contributed by atoms with van der Waals surface area (Å²) in [6.45, 7) is 2.58.